The van der Waals surface area contributed by atoms with Crippen molar-refractivity contribution in [3.05, 3.63) is 0 Å². The van der Waals surface area contributed by atoms with E-state index in [1.54, 1.807) is 4.90 Å². The Balaban J connectivity index is 1.83. The standard InChI is InChI=1S/C14H24N4O4/c1-8(11(19)12(15)20)17-13(21)9-4-6-18(7-9)14(22)10-3-2-5-16-10/h8-11,16,19H,2-7H2,1H3,(H2,15,20)(H,17,21)/t8-,9?,10+,11+/m0/s1. The number of aliphatic hydroxyl groups excluding tert-OH is 1. The molecular formula is C14H24N4O4. The summed E-state index contributed by atoms with van der Waals surface area (Å²) in [5.41, 5.74) is 5.00. The first-order chi connectivity index (χ1) is 10.4. The molecule has 0 aliphatic carbocycles. The van der Waals surface area contributed by atoms with E-state index in [0.29, 0.717) is 19.5 Å². The Morgan fingerprint density at radius 1 is 1.36 bits per heavy atom. The zero-order valence-electron chi connectivity index (χ0n) is 12.7. The van der Waals surface area contributed by atoms with Crippen molar-refractivity contribution in [1.29, 1.82) is 0 Å². The lowest BCUT2D eigenvalue weighted by molar-refractivity contribution is -0.132. The molecule has 2 aliphatic heterocycles. The summed E-state index contributed by atoms with van der Waals surface area (Å²) >= 11 is 0. The molecule has 0 bridgehead atoms. The van der Waals surface area contributed by atoms with E-state index in [2.05, 4.69) is 10.6 Å². The predicted molar refractivity (Wildman–Crippen MR) is 78.5 cm³/mol. The van der Waals surface area contributed by atoms with Crippen LogP contribution in [-0.4, -0.2) is 65.5 Å². The SMILES string of the molecule is C[C@H](NC(=O)C1CCN(C(=O)[C@H]2CCCN2)C1)[C@@H](O)C(N)=O. The van der Waals surface area contributed by atoms with Gasteiger partial charge in [-0.15, -0.1) is 0 Å². The number of carbonyl (C=O) groups is 3. The molecule has 8 heteroatoms. The fourth-order valence-electron chi connectivity index (χ4n) is 2.96. The molecule has 8 nitrogen and oxygen atoms in total. The van der Waals surface area contributed by atoms with Gasteiger partial charge in [-0.2, -0.15) is 0 Å². The number of nitrogens with two attached hydrogens (primary N) is 1. The Kier molecular flexibility index (Phi) is 5.36. The van der Waals surface area contributed by atoms with Crippen molar-refractivity contribution in [2.24, 2.45) is 11.7 Å². The molecule has 0 spiro atoms. The summed E-state index contributed by atoms with van der Waals surface area (Å²) in [6.07, 6.45) is 1.01. The molecule has 2 fully saturated rings. The maximum absolute atomic E-state index is 12.3. The van der Waals surface area contributed by atoms with E-state index < -0.39 is 18.1 Å². The number of primary amides is 1. The zero-order valence-corrected chi connectivity index (χ0v) is 12.7. The van der Waals surface area contributed by atoms with Crippen molar-refractivity contribution in [3.63, 3.8) is 0 Å². The van der Waals surface area contributed by atoms with Gasteiger partial charge in [-0.1, -0.05) is 0 Å². The fraction of sp³-hybridized carbons (Fsp3) is 0.786. The summed E-state index contributed by atoms with van der Waals surface area (Å²) < 4.78 is 0. The summed E-state index contributed by atoms with van der Waals surface area (Å²) in [6.45, 7) is 3.31. The minimum Gasteiger partial charge on any atom is -0.381 e. The minimum atomic E-state index is -1.41. The Morgan fingerprint density at radius 2 is 2.09 bits per heavy atom. The van der Waals surface area contributed by atoms with Crippen LogP contribution in [0.25, 0.3) is 0 Å². The van der Waals surface area contributed by atoms with E-state index in [9.17, 15) is 19.5 Å². The topological polar surface area (TPSA) is 125 Å². The van der Waals surface area contributed by atoms with Crippen molar-refractivity contribution in [3.8, 4) is 0 Å². The van der Waals surface area contributed by atoms with E-state index in [1.165, 1.54) is 6.92 Å². The van der Waals surface area contributed by atoms with E-state index in [-0.39, 0.29) is 23.8 Å². The number of hydrogen-bond donors (Lipinski definition) is 4. The largest absolute Gasteiger partial charge is 0.381 e. The quantitative estimate of drug-likeness (QED) is 0.464. The second-order valence-corrected chi connectivity index (χ2v) is 6.06. The second kappa shape index (κ2) is 7.06. The normalized spacial score (nSPS) is 27.5. The number of amides is 3. The van der Waals surface area contributed by atoms with Crippen molar-refractivity contribution < 1.29 is 19.5 Å². The van der Waals surface area contributed by atoms with Gasteiger partial charge in [-0.25, -0.2) is 0 Å². The van der Waals surface area contributed by atoms with Crippen LogP contribution in [-0.2, 0) is 14.4 Å². The Morgan fingerprint density at radius 3 is 2.68 bits per heavy atom. The lowest BCUT2D eigenvalue weighted by Gasteiger charge is -2.22. The molecule has 2 rings (SSSR count). The van der Waals surface area contributed by atoms with Gasteiger partial charge in [0, 0.05) is 13.1 Å². The summed E-state index contributed by atoms with van der Waals surface area (Å²) in [7, 11) is 0. The van der Waals surface area contributed by atoms with E-state index in [4.69, 9.17) is 5.73 Å². The van der Waals surface area contributed by atoms with Crippen LogP contribution < -0.4 is 16.4 Å². The molecule has 2 saturated heterocycles. The first-order valence-corrected chi connectivity index (χ1v) is 7.70. The molecular weight excluding hydrogens is 288 g/mol. The van der Waals surface area contributed by atoms with Crippen LogP contribution in [0.15, 0.2) is 0 Å². The molecule has 0 aromatic rings. The predicted octanol–water partition coefficient (Wildman–Crippen LogP) is -2.06. The van der Waals surface area contributed by atoms with Gasteiger partial charge in [0.1, 0.15) is 0 Å². The van der Waals surface area contributed by atoms with Crippen molar-refractivity contribution in [2.45, 2.75) is 44.4 Å². The highest BCUT2D eigenvalue weighted by Crippen LogP contribution is 2.19. The minimum absolute atomic E-state index is 0.0537. The third-order valence-corrected chi connectivity index (χ3v) is 4.36. The monoisotopic (exact) mass is 312 g/mol. The molecule has 4 atom stereocenters. The number of likely N-dealkylation sites (tertiary alicyclic amines) is 1. The van der Waals surface area contributed by atoms with E-state index >= 15 is 0 Å². The smallest absolute Gasteiger partial charge is 0.248 e. The van der Waals surface area contributed by atoms with Gasteiger partial charge in [0.05, 0.1) is 18.0 Å². The third-order valence-electron chi connectivity index (χ3n) is 4.36. The maximum Gasteiger partial charge on any atom is 0.248 e. The zero-order chi connectivity index (χ0) is 16.3. The van der Waals surface area contributed by atoms with Crippen molar-refractivity contribution in [2.75, 3.05) is 19.6 Å². The molecule has 0 saturated carbocycles. The first-order valence-electron chi connectivity index (χ1n) is 7.70. The molecule has 22 heavy (non-hydrogen) atoms. The summed E-state index contributed by atoms with van der Waals surface area (Å²) in [5, 5.41) is 15.3. The van der Waals surface area contributed by atoms with Gasteiger partial charge in [0.25, 0.3) is 0 Å². The second-order valence-electron chi connectivity index (χ2n) is 6.06. The van der Waals surface area contributed by atoms with Gasteiger partial charge < -0.3 is 26.4 Å². The van der Waals surface area contributed by atoms with Gasteiger partial charge in [-0.05, 0) is 32.7 Å². The molecule has 2 aliphatic rings. The first kappa shape index (κ1) is 16.7. The lowest BCUT2D eigenvalue weighted by atomic mass is 10.1. The van der Waals surface area contributed by atoms with Crippen LogP contribution in [0.4, 0.5) is 0 Å². The van der Waals surface area contributed by atoms with Crippen LogP contribution in [0.2, 0.25) is 0 Å². The molecule has 3 amide bonds. The number of aliphatic hydroxyl groups is 1. The number of nitrogens with one attached hydrogen (secondary N) is 2. The van der Waals surface area contributed by atoms with Crippen LogP contribution in [0, 0.1) is 5.92 Å². The van der Waals surface area contributed by atoms with Crippen LogP contribution in [0.3, 0.4) is 0 Å². The highest BCUT2D eigenvalue weighted by Gasteiger charge is 2.35. The molecule has 0 aromatic carbocycles. The molecule has 1 unspecified atom stereocenters. The Labute approximate surface area is 129 Å². The molecule has 2 heterocycles. The summed E-state index contributed by atoms with van der Waals surface area (Å²) in [5.74, 6) is -1.39. The number of nitrogens with zero attached hydrogens (tertiary/aromatic N) is 1. The highest BCUT2D eigenvalue weighted by atomic mass is 16.3. The molecule has 5 N–H and O–H groups in total. The van der Waals surface area contributed by atoms with Crippen LogP contribution in [0.1, 0.15) is 26.2 Å². The van der Waals surface area contributed by atoms with Gasteiger partial charge in [0.15, 0.2) is 6.10 Å². The van der Waals surface area contributed by atoms with E-state index in [1.807, 2.05) is 0 Å². The fourth-order valence-corrected chi connectivity index (χ4v) is 2.96. The summed E-state index contributed by atoms with van der Waals surface area (Å²) in [6, 6.07) is -0.872. The number of carbonyl (C=O) groups excluding carboxylic acids is 3. The molecule has 0 radical (unpaired) electrons. The van der Waals surface area contributed by atoms with E-state index in [0.717, 1.165) is 19.4 Å². The average Bonchev–Trinajstić information content (AvgIpc) is 3.16. The molecule has 0 aromatic heterocycles. The van der Waals surface area contributed by atoms with Gasteiger partial charge in [0.2, 0.25) is 17.7 Å². The highest BCUT2D eigenvalue weighted by molar-refractivity contribution is 5.86. The number of rotatable bonds is 5. The third kappa shape index (κ3) is 3.75. The summed E-state index contributed by atoms with van der Waals surface area (Å²) in [4.78, 5) is 37.0. The maximum atomic E-state index is 12.3. The van der Waals surface area contributed by atoms with Gasteiger partial charge in [-0.3, -0.25) is 14.4 Å². The lowest BCUT2D eigenvalue weighted by Crippen LogP contribution is -2.49. The van der Waals surface area contributed by atoms with Gasteiger partial charge >= 0.3 is 0 Å². The van der Waals surface area contributed by atoms with Crippen LogP contribution >= 0.6 is 0 Å². The Hall–Kier alpha value is -1.67. The van der Waals surface area contributed by atoms with Crippen molar-refractivity contribution in [1.82, 2.24) is 15.5 Å². The molecule has 124 valence electrons. The number of hydrogen-bond acceptors (Lipinski definition) is 5. The Bertz CT molecular complexity index is 450. The van der Waals surface area contributed by atoms with Crippen molar-refractivity contribution >= 4 is 17.7 Å². The average molecular weight is 312 g/mol. The van der Waals surface area contributed by atoms with Crippen LogP contribution in [0.5, 0.6) is 0 Å².